The first-order valence-electron chi connectivity index (χ1n) is 10.2. The van der Waals surface area contributed by atoms with Crippen LogP contribution in [0.25, 0.3) is 11.0 Å². The summed E-state index contributed by atoms with van der Waals surface area (Å²) >= 11 is 0. The summed E-state index contributed by atoms with van der Waals surface area (Å²) in [5.41, 5.74) is 3.03. The number of likely N-dealkylation sites (tertiary alicyclic amines) is 1. The summed E-state index contributed by atoms with van der Waals surface area (Å²) in [6.07, 6.45) is -0.421. The van der Waals surface area contributed by atoms with Crippen LogP contribution in [0.5, 0.6) is 0 Å². The molecule has 1 spiro atoms. The van der Waals surface area contributed by atoms with Crippen molar-refractivity contribution in [2.75, 3.05) is 19.6 Å². The van der Waals surface area contributed by atoms with E-state index >= 15 is 0 Å². The van der Waals surface area contributed by atoms with Gasteiger partial charge < -0.3 is 15.4 Å². The summed E-state index contributed by atoms with van der Waals surface area (Å²) in [4.78, 5) is 21.9. The summed E-state index contributed by atoms with van der Waals surface area (Å²) in [7, 11) is 0. The van der Waals surface area contributed by atoms with Crippen molar-refractivity contribution in [3.63, 3.8) is 0 Å². The van der Waals surface area contributed by atoms with Gasteiger partial charge in [0.1, 0.15) is 5.82 Å². The second-order valence-corrected chi connectivity index (χ2v) is 8.43. The number of carbonyl (C=O) groups is 1. The number of rotatable bonds is 5. The zero-order valence-electron chi connectivity index (χ0n) is 16.5. The van der Waals surface area contributed by atoms with Gasteiger partial charge in [-0.25, -0.2) is 4.98 Å². The lowest BCUT2D eigenvalue weighted by Gasteiger charge is -2.16. The molecule has 0 radical (unpaired) electrons. The molecule has 2 aliphatic rings. The molecule has 3 N–H and O–H groups in total. The molecule has 1 saturated heterocycles. The van der Waals surface area contributed by atoms with E-state index in [0.29, 0.717) is 19.6 Å². The van der Waals surface area contributed by atoms with Crippen LogP contribution in [0.2, 0.25) is 0 Å². The normalized spacial score (nSPS) is 28.8. The summed E-state index contributed by atoms with van der Waals surface area (Å²) in [6.45, 7) is 4.25. The van der Waals surface area contributed by atoms with Gasteiger partial charge in [-0.05, 0) is 29.5 Å². The largest absolute Gasteiger partial charge is 0.391 e. The quantitative estimate of drug-likeness (QED) is 0.624. The number of nitrogens with one attached hydrogen (secondary N) is 2. The number of para-hydroxylation sites is 2. The Balaban J connectivity index is 1.37. The van der Waals surface area contributed by atoms with E-state index in [0.717, 1.165) is 23.4 Å². The fourth-order valence-electron chi connectivity index (χ4n) is 5.36. The van der Waals surface area contributed by atoms with E-state index in [1.807, 2.05) is 42.5 Å². The van der Waals surface area contributed by atoms with Crippen molar-refractivity contribution in [3.8, 4) is 0 Å². The first-order valence-corrected chi connectivity index (χ1v) is 10.2. The second kappa shape index (κ2) is 6.97. The number of aromatic amines is 1. The number of amides is 1. The van der Waals surface area contributed by atoms with Crippen LogP contribution < -0.4 is 5.32 Å². The monoisotopic (exact) mass is 390 g/mol. The van der Waals surface area contributed by atoms with Gasteiger partial charge in [0.15, 0.2) is 0 Å². The van der Waals surface area contributed by atoms with E-state index in [2.05, 4.69) is 32.3 Å². The lowest BCUT2D eigenvalue weighted by molar-refractivity contribution is -0.119. The highest BCUT2D eigenvalue weighted by Gasteiger charge is 2.70. The first-order chi connectivity index (χ1) is 14.1. The van der Waals surface area contributed by atoms with Gasteiger partial charge in [0, 0.05) is 32.0 Å². The minimum absolute atomic E-state index is 0.0227. The van der Waals surface area contributed by atoms with Gasteiger partial charge in [0.25, 0.3) is 0 Å². The minimum Gasteiger partial charge on any atom is -0.391 e. The highest BCUT2D eigenvalue weighted by Crippen LogP contribution is 2.68. The molecule has 5 rings (SSSR count). The molecule has 1 aliphatic heterocycles. The Hall–Kier alpha value is -2.70. The number of nitrogens with zero attached hydrogens (tertiary/aromatic N) is 2. The van der Waals surface area contributed by atoms with Crippen molar-refractivity contribution < 1.29 is 9.90 Å². The third-order valence-electron chi connectivity index (χ3n) is 6.65. The molecule has 1 aromatic heterocycles. The Bertz CT molecular complexity index is 1000. The van der Waals surface area contributed by atoms with Gasteiger partial charge in [0.2, 0.25) is 5.91 Å². The maximum absolute atomic E-state index is 11.5. The molecule has 1 saturated carbocycles. The highest BCUT2D eigenvalue weighted by molar-refractivity contribution is 5.74. The van der Waals surface area contributed by atoms with Gasteiger partial charge in [-0.1, -0.05) is 42.5 Å². The number of aliphatic hydroxyl groups is 1. The Kier molecular flexibility index (Phi) is 4.41. The second-order valence-electron chi connectivity index (χ2n) is 8.43. The molecule has 2 aromatic carbocycles. The predicted molar refractivity (Wildman–Crippen MR) is 111 cm³/mol. The highest BCUT2D eigenvalue weighted by atomic mass is 16.3. The van der Waals surface area contributed by atoms with Crippen LogP contribution in [0.3, 0.4) is 0 Å². The molecule has 0 bridgehead atoms. The number of aromatic nitrogens is 2. The minimum atomic E-state index is -0.421. The van der Waals surface area contributed by atoms with Crippen LogP contribution in [-0.2, 0) is 11.3 Å². The zero-order valence-corrected chi connectivity index (χ0v) is 16.5. The van der Waals surface area contributed by atoms with Crippen LogP contribution in [0.1, 0.15) is 24.2 Å². The van der Waals surface area contributed by atoms with Crippen molar-refractivity contribution >= 4 is 16.9 Å². The maximum Gasteiger partial charge on any atom is 0.216 e. The number of fused-ring (bicyclic) bond motifs is 1. The van der Waals surface area contributed by atoms with Crippen molar-refractivity contribution in [2.45, 2.75) is 25.5 Å². The molecule has 29 heavy (non-hydrogen) atoms. The first kappa shape index (κ1) is 18.3. The SMILES string of the molecule is CC(=O)NC[C@@H]1[C@@H](c2ccccc2)[C@]12CN(Cc1nc3ccccc3[nH]1)C[C@H]2O. The number of imidazole rings is 1. The third-order valence-corrected chi connectivity index (χ3v) is 6.65. The van der Waals surface area contributed by atoms with E-state index in [1.165, 1.54) is 5.56 Å². The molecule has 6 heteroatoms. The van der Waals surface area contributed by atoms with E-state index in [1.54, 1.807) is 6.92 Å². The number of aliphatic hydroxyl groups excluding tert-OH is 1. The van der Waals surface area contributed by atoms with E-state index < -0.39 is 6.10 Å². The van der Waals surface area contributed by atoms with Crippen molar-refractivity contribution in [1.82, 2.24) is 20.2 Å². The lowest BCUT2D eigenvalue weighted by atomic mass is 9.95. The molecule has 1 amide bonds. The van der Waals surface area contributed by atoms with Crippen LogP contribution in [-0.4, -0.2) is 51.6 Å². The standard InChI is InChI=1S/C23H26N4O2/c1-15(28)24-11-17-22(16-7-3-2-4-8-16)23(17)14-27(12-20(23)29)13-21-25-18-9-5-6-10-19(18)26-21/h2-10,17,20,22,29H,11-14H2,1H3,(H,24,28)(H,25,26)/t17-,20-,22-,23-/m1/s1. The number of benzene rings is 2. The average Bonchev–Trinajstić information content (AvgIpc) is 2.97. The zero-order chi connectivity index (χ0) is 20.0. The summed E-state index contributed by atoms with van der Waals surface area (Å²) in [5, 5.41) is 14.1. The van der Waals surface area contributed by atoms with Gasteiger partial charge in [-0.3, -0.25) is 9.69 Å². The van der Waals surface area contributed by atoms with Gasteiger partial charge in [0.05, 0.1) is 23.7 Å². The Morgan fingerprint density at radius 3 is 2.76 bits per heavy atom. The van der Waals surface area contributed by atoms with E-state index in [9.17, 15) is 9.90 Å². The molecule has 2 fully saturated rings. The fourth-order valence-corrected chi connectivity index (χ4v) is 5.36. The average molecular weight is 390 g/mol. The molecule has 4 atom stereocenters. The maximum atomic E-state index is 11.5. The predicted octanol–water partition coefficient (Wildman–Crippen LogP) is 2.28. The number of carbonyl (C=O) groups excluding carboxylic acids is 1. The van der Waals surface area contributed by atoms with Crippen LogP contribution >= 0.6 is 0 Å². The number of H-pyrrole nitrogens is 1. The van der Waals surface area contributed by atoms with Gasteiger partial charge in [-0.15, -0.1) is 0 Å². The molecule has 6 nitrogen and oxygen atoms in total. The van der Waals surface area contributed by atoms with Crippen molar-refractivity contribution in [3.05, 3.63) is 66.0 Å². The summed E-state index contributed by atoms with van der Waals surface area (Å²) in [5.74, 6) is 1.40. The van der Waals surface area contributed by atoms with Gasteiger partial charge >= 0.3 is 0 Å². The van der Waals surface area contributed by atoms with Crippen LogP contribution in [0.15, 0.2) is 54.6 Å². The molecular weight excluding hydrogens is 364 g/mol. The lowest BCUT2D eigenvalue weighted by Crippen LogP contribution is -2.28. The molecule has 0 unspecified atom stereocenters. The number of hydrogen-bond acceptors (Lipinski definition) is 4. The number of hydrogen-bond donors (Lipinski definition) is 3. The molecule has 2 heterocycles. The molecular formula is C23H26N4O2. The van der Waals surface area contributed by atoms with Gasteiger partial charge in [-0.2, -0.15) is 0 Å². The van der Waals surface area contributed by atoms with Crippen LogP contribution in [0.4, 0.5) is 0 Å². The number of β-amino-alcohol motifs (C(OH)–C–C–N with tert-alkyl or cyclic N) is 1. The fraction of sp³-hybridized carbons (Fsp3) is 0.391. The molecule has 3 aromatic rings. The topological polar surface area (TPSA) is 81.2 Å². The molecule has 1 aliphatic carbocycles. The Morgan fingerprint density at radius 2 is 2.00 bits per heavy atom. The smallest absolute Gasteiger partial charge is 0.216 e. The summed E-state index contributed by atoms with van der Waals surface area (Å²) in [6, 6.07) is 18.4. The third kappa shape index (κ3) is 3.12. The Morgan fingerprint density at radius 1 is 1.24 bits per heavy atom. The summed E-state index contributed by atoms with van der Waals surface area (Å²) < 4.78 is 0. The van der Waals surface area contributed by atoms with Crippen LogP contribution in [0, 0.1) is 11.3 Å². The Labute approximate surface area is 170 Å². The van der Waals surface area contributed by atoms with Crippen molar-refractivity contribution in [2.24, 2.45) is 11.3 Å². The van der Waals surface area contributed by atoms with E-state index in [-0.39, 0.29) is 23.2 Å². The molecule has 150 valence electrons. The van der Waals surface area contributed by atoms with Crippen molar-refractivity contribution in [1.29, 1.82) is 0 Å². The van der Waals surface area contributed by atoms with E-state index in [4.69, 9.17) is 0 Å².